The fraction of sp³-hybridized carbons (Fsp3) is 1.00. The van der Waals surface area contributed by atoms with Gasteiger partial charge in [0, 0.05) is 35.5 Å². The molecule has 2 heterocycles. The van der Waals surface area contributed by atoms with Gasteiger partial charge in [0.2, 0.25) is 0 Å². The molecule has 4 fully saturated rings. The van der Waals surface area contributed by atoms with Crippen molar-refractivity contribution in [2.24, 2.45) is 17.8 Å². The number of fused-ring (bicyclic) bond motifs is 1. The Labute approximate surface area is 56.6 Å². The zero-order valence-electron chi connectivity index (χ0n) is 3.84. The number of hydrogen-bond acceptors (Lipinski definition) is 1. The molecule has 1 nitrogen and oxygen atoms in total. The Bertz CT molecular complexity index is 119. The van der Waals surface area contributed by atoms with E-state index < -0.39 is 0 Å². The summed E-state index contributed by atoms with van der Waals surface area (Å²) >= 11 is 2.45. The van der Waals surface area contributed by atoms with E-state index >= 15 is 0 Å². The Kier molecular flexibility index (Phi) is 0.407. The summed E-state index contributed by atoms with van der Waals surface area (Å²) in [7, 11) is 0. The molecule has 2 saturated carbocycles. The summed E-state index contributed by atoms with van der Waals surface area (Å²) in [5.74, 6) is 3.55. The highest BCUT2D eigenvalue weighted by Gasteiger charge is 2.80. The first kappa shape index (κ1) is 3.67. The molecule has 2 saturated heterocycles. The van der Waals surface area contributed by atoms with Gasteiger partial charge in [-0.15, -0.1) is 0 Å². The largest absolute Gasteiger partial charge is 0.244 e. The second-order valence-corrected chi connectivity index (χ2v) is 4.13. The summed E-state index contributed by atoms with van der Waals surface area (Å²) in [6.45, 7) is 1.40. The van der Waals surface area contributed by atoms with Crippen molar-refractivity contribution in [3.63, 3.8) is 0 Å². The quantitative estimate of drug-likeness (QED) is 0.421. The third-order valence-corrected chi connectivity index (χ3v) is 3.69. The van der Waals surface area contributed by atoms with E-state index in [1.54, 1.807) is 0 Å². The van der Waals surface area contributed by atoms with E-state index in [4.69, 9.17) is 0 Å². The maximum absolute atomic E-state index is 2.48. The van der Waals surface area contributed by atoms with Crippen LogP contribution in [0.5, 0.6) is 0 Å². The molecule has 2 bridgehead atoms. The van der Waals surface area contributed by atoms with Crippen molar-refractivity contribution in [3.8, 4) is 0 Å². The molecule has 0 N–H and O–H groups in total. The summed E-state index contributed by atoms with van der Waals surface area (Å²) in [6, 6.07) is 1.06. The van der Waals surface area contributed by atoms with Gasteiger partial charge in [0.15, 0.2) is 0 Å². The molecule has 4 rings (SSSR count). The first-order valence-corrected chi connectivity index (χ1v) is 3.78. The molecule has 38 valence electrons. The van der Waals surface area contributed by atoms with Crippen LogP contribution in [0.2, 0.25) is 0 Å². The molecule has 0 amide bonds. The van der Waals surface area contributed by atoms with Crippen molar-refractivity contribution in [1.82, 2.24) is 3.11 Å². The van der Waals surface area contributed by atoms with Crippen molar-refractivity contribution in [3.05, 3.63) is 0 Å². The predicted molar refractivity (Wildman–Crippen MR) is 35.0 cm³/mol. The Morgan fingerprint density at radius 3 is 2.29 bits per heavy atom. The van der Waals surface area contributed by atoms with Gasteiger partial charge in [-0.3, -0.25) is 0 Å². The molecule has 2 heteroatoms. The van der Waals surface area contributed by atoms with Crippen molar-refractivity contribution in [1.29, 1.82) is 0 Å². The molecular weight excluding hydrogens is 201 g/mol. The van der Waals surface area contributed by atoms with E-state index in [-0.39, 0.29) is 0 Å². The lowest BCUT2D eigenvalue weighted by Crippen LogP contribution is -2.05. The van der Waals surface area contributed by atoms with E-state index in [1.165, 1.54) is 24.3 Å². The van der Waals surface area contributed by atoms with Crippen LogP contribution in [-0.4, -0.2) is 15.7 Å². The minimum Gasteiger partial charge on any atom is -0.244 e. The van der Waals surface area contributed by atoms with Crippen molar-refractivity contribution in [2.75, 3.05) is 6.54 Å². The van der Waals surface area contributed by atoms with Gasteiger partial charge >= 0.3 is 0 Å². The number of piperidine rings is 1. The highest BCUT2D eigenvalue weighted by atomic mass is 127. The van der Waals surface area contributed by atoms with Gasteiger partial charge in [0.25, 0.3) is 0 Å². The Hall–Kier alpha value is 0.690. The van der Waals surface area contributed by atoms with Gasteiger partial charge in [-0.1, -0.05) is 0 Å². The van der Waals surface area contributed by atoms with Crippen LogP contribution in [0.25, 0.3) is 0 Å². The number of hydrogen-bond donors (Lipinski definition) is 0. The first-order valence-electron chi connectivity index (χ1n) is 2.82. The second kappa shape index (κ2) is 0.778. The Balaban J connectivity index is 2.06. The maximum Gasteiger partial charge on any atom is 0.0263 e. The van der Waals surface area contributed by atoms with Gasteiger partial charge in [-0.25, -0.2) is 3.11 Å². The summed E-state index contributed by atoms with van der Waals surface area (Å²) in [5, 5.41) is 0. The fourth-order valence-corrected chi connectivity index (χ4v) is 3.27. The topological polar surface area (TPSA) is 3.24 Å². The average Bonchev–Trinajstić information content (AvgIpc) is 2.41. The van der Waals surface area contributed by atoms with Crippen LogP contribution in [0.1, 0.15) is 0 Å². The SMILES string of the molecule is IN1CC2C3C2C31. The average molecular weight is 207 g/mol. The molecule has 2 atom stereocenters. The van der Waals surface area contributed by atoms with Crippen molar-refractivity contribution in [2.45, 2.75) is 6.04 Å². The summed E-state index contributed by atoms with van der Waals surface area (Å²) in [5.41, 5.74) is 0. The van der Waals surface area contributed by atoms with Crippen LogP contribution in [-0.2, 0) is 0 Å². The molecule has 0 aromatic carbocycles. The maximum atomic E-state index is 2.48. The lowest BCUT2D eigenvalue weighted by atomic mass is 10.2. The molecule has 7 heavy (non-hydrogen) atoms. The highest BCUT2D eigenvalue weighted by molar-refractivity contribution is 14.1. The van der Waals surface area contributed by atoms with Gasteiger partial charge in [0.1, 0.15) is 0 Å². The highest BCUT2D eigenvalue weighted by Crippen LogP contribution is 2.76. The minimum atomic E-state index is 1.06. The second-order valence-electron chi connectivity index (χ2n) is 2.89. The smallest absolute Gasteiger partial charge is 0.0263 e. The molecule has 2 unspecified atom stereocenters. The van der Waals surface area contributed by atoms with Gasteiger partial charge < -0.3 is 0 Å². The monoisotopic (exact) mass is 207 g/mol. The molecule has 0 aromatic rings. The van der Waals surface area contributed by atoms with Crippen LogP contribution >= 0.6 is 22.9 Å². The Morgan fingerprint density at radius 1 is 1.43 bits per heavy atom. The zero-order chi connectivity index (χ0) is 4.59. The van der Waals surface area contributed by atoms with Gasteiger partial charge in [-0.2, -0.15) is 0 Å². The summed E-state index contributed by atoms with van der Waals surface area (Å²) in [4.78, 5) is 0. The molecule has 0 radical (unpaired) electrons. The van der Waals surface area contributed by atoms with E-state index in [1.807, 2.05) is 0 Å². The third kappa shape index (κ3) is 0.241. The van der Waals surface area contributed by atoms with Crippen LogP contribution in [0.3, 0.4) is 0 Å². The molecule has 0 spiro atoms. The lowest BCUT2D eigenvalue weighted by molar-refractivity contribution is 0.598. The first-order chi connectivity index (χ1) is 3.39. The number of rotatable bonds is 0. The van der Waals surface area contributed by atoms with E-state index in [0.29, 0.717) is 0 Å². The van der Waals surface area contributed by atoms with Gasteiger partial charge in [0.05, 0.1) is 0 Å². The Morgan fingerprint density at radius 2 is 2.14 bits per heavy atom. The summed E-state index contributed by atoms with van der Waals surface area (Å²) < 4.78 is 2.48. The summed E-state index contributed by atoms with van der Waals surface area (Å²) in [6.07, 6.45) is 0. The van der Waals surface area contributed by atoms with Crippen molar-refractivity contribution < 1.29 is 0 Å². The zero-order valence-corrected chi connectivity index (χ0v) is 6.00. The lowest BCUT2D eigenvalue weighted by Gasteiger charge is -1.99. The van der Waals surface area contributed by atoms with E-state index in [2.05, 4.69) is 26.0 Å². The predicted octanol–water partition coefficient (Wildman–Crippen LogP) is 0.896. The molecule has 2 aliphatic carbocycles. The molecular formula is C5H6IN. The normalized spacial score (nSPS) is 73.3. The number of halogens is 1. The van der Waals surface area contributed by atoms with E-state index in [9.17, 15) is 0 Å². The van der Waals surface area contributed by atoms with Crippen LogP contribution in [0, 0.1) is 17.8 Å². The molecule has 4 aliphatic rings. The fourth-order valence-electron chi connectivity index (χ4n) is 2.07. The minimum absolute atomic E-state index is 1.06. The van der Waals surface area contributed by atoms with E-state index in [0.717, 1.165) is 6.04 Å². The third-order valence-electron chi connectivity index (χ3n) is 2.65. The number of nitrogens with zero attached hydrogens (tertiary/aromatic N) is 1. The molecule has 0 aromatic heterocycles. The van der Waals surface area contributed by atoms with Crippen molar-refractivity contribution >= 4 is 22.9 Å². The molecule has 2 aliphatic heterocycles. The standard InChI is InChI=1S/C5H6IN/c6-7-1-2-3-4(2)5(3)7/h2-5H,1H2. The van der Waals surface area contributed by atoms with Crippen LogP contribution in [0.4, 0.5) is 0 Å². The van der Waals surface area contributed by atoms with Crippen LogP contribution < -0.4 is 0 Å². The van der Waals surface area contributed by atoms with Gasteiger partial charge in [-0.05, 0) is 17.8 Å². The van der Waals surface area contributed by atoms with Crippen LogP contribution in [0.15, 0.2) is 0 Å².